The molecule has 4 heteroatoms. The number of nitrogens with one attached hydrogen (secondary N) is 2. The molecule has 0 fully saturated rings. The lowest BCUT2D eigenvalue weighted by molar-refractivity contribution is 0.237. The van der Waals surface area contributed by atoms with Crippen LogP contribution in [0.5, 0.6) is 0 Å². The molecule has 0 saturated carbocycles. The maximum absolute atomic E-state index is 11.4. The maximum atomic E-state index is 11.4. The maximum Gasteiger partial charge on any atom is 0.315 e. The molecule has 2 N–H and O–H groups in total. The fourth-order valence-electron chi connectivity index (χ4n) is 1.39. The number of benzene rings is 1. The summed E-state index contributed by atoms with van der Waals surface area (Å²) in [6.45, 7) is 4.61. The second kappa shape index (κ2) is 7.17. The Morgan fingerprint density at radius 1 is 1.41 bits per heavy atom. The summed E-state index contributed by atoms with van der Waals surface area (Å²) in [6, 6.07) is 7.75. The molecule has 0 aromatic heterocycles. The minimum Gasteiger partial charge on any atom is -0.338 e. The number of carbonyl (C=O) groups excluding carboxylic acids is 1. The largest absolute Gasteiger partial charge is 0.338 e. The van der Waals surface area contributed by atoms with E-state index in [1.54, 1.807) is 0 Å². The Labute approximate surface area is 108 Å². The SMILES string of the molecule is CCC(C)NC(=O)NCCc1ccccc1Cl. The summed E-state index contributed by atoms with van der Waals surface area (Å²) in [6.07, 6.45) is 1.67. The second-order valence-electron chi connectivity index (χ2n) is 4.05. The highest BCUT2D eigenvalue weighted by molar-refractivity contribution is 6.31. The molecule has 1 aromatic rings. The Bertz CT molecular complexity index is 368. The van der Waals surface area contributed by atoms with E-state index < -0.39 is 0 Å². The zero-order valence-electron chi connectivity index (χ0n) is 10.3. The second-order valence-corrected chi connectivity index (χ2v) is 4.46. The number of carbonyl (C=O) groups is 1. The van der Waals surface area contributed by atoms with E-state index in [2.05, 4.69) is 10.6 Å². The van der Waals surface area contributed by atoms with Crippen LogP contribution in [0.25, 0.3) is 0 Å². The predicted molar refractivity (Wildman–Crippen MR) is 71.4 cm³/mol. The van der Waals surface area contributed by atoms with E-state index in [0.717, 1.165) is 23.4 Å². The van der Waals surface area contributed by atoms with Crippen molar-refractivity contribution in [1.82, 2.24) is 10.6 Å². The molecule has 2 amide bonds. The molecule has 1 atom stereocenters. The molecule has 1 aromatic carbocycles. The summed E-state index contributed by atoms with van der Waals surface area (Å²) in [7, 11) is 0. The van der Waals surface area contributed by atoms with Crippen molar-refractivity contribution in [2.24, 2.45) is 0 Å². The first-order chi connectivity index (χ1) is 8.13. The third kappa shape index (κ3) is 5.09. The van der Waals surface area contributed by atoms with E-state index in [4.69, 9.17) is 11.6 Å². The van der Waals surface area contributed by atoms with Crippen molar-refractivity contribution in [2.75, 3.05) is 6.54 Å². The average molecular weight is 255 g/mol. The smallest absolute Gasteiger partial charge is 0.315 e. The molecule has 0 radical (unpaired) electrons. The van der Waals surface area contributed by atoms with Gasteiger partial charge in [0.1, 0.15) is 0 Å². The van der Waals surface area contributed by atoms with Crippen molar-refractivity contribution < 1.29 is 4.79 Å². The van der Waals surface area contributed by atoms with E-state index >= 15 is 0 Å². The Hall–Kier alpha value is -1.22. The van der Waals surface area contributed by atoms with Gasteiger partial charge in [-0.2, -0.15) is 0 Å². The van der Waals surface area contributed by atoms with E-state index in [1.165, 1.54) is 0 Å². The minimum atomic E-state index is -0.119. The minimum absolute atomic E-state index is 0.119. The van der Waals surface area contributed by atoms with Crippen LogP contribution in [0.4, 0.5) is 4.79 Å². The quantitative estimate of drug-likeness (QED) is 0.833. The van der Waals surface area contributed by atoms with Gasteiger partial charge in [-0.3, -0.25) is 0 Å². The van der Waals surface area contributed by atoms with Gasteiger partial charge in [0.05, 0.1) is 0 Å². The van der Waals surface area contributed by atoms with Gasteiger partial charge >= 0.3 is 6.03 Å². The van der Waals surface area contributed by atoms with E-state index in [9.17, 15) is 4.79 Å². The van der Waals surface area contributed by atoms with Crippen LogP contribution in [0.1, 0.15) is 25.8 Å². The third-order valence-corrected chi connectivity index (χ3v) is 3.00. The van der Waals surface area contributed by atoms with Crippen molar-refractivity contribution in [1.29, 1.82) is 0 Å². The molecule has 1 unspecified atom stereocenters. The van der Waals surface area contributed by atoms with Crippen molar-refractivity contribution in [3.8, 4) is 0 Å². The summed E-state index contributed by atoms with van der Waals surface area (Å²) in [4.78, 5) is 11.4. The molecule has 0 aliphatic rings. The number of rotatable bonds is 5. The Balaban J connectivity index is 2.29. The van der Waals surface area contributed by atoms with Gasteiger partial charge in [-0.05, 0) is 31.4 Å². The summed E-state index contributed by atoms with van der Waals surface area (Å²) in [5, 5.41) is 6.41. The van der Waals surface area contributed by atoms with Gasteiger partial charge in [0.25, 0.3) is 0 Å². The molecule has 0 heterocycles. The highest BCUT2D eigenvalue weighted by Gasteiger charge is 2.04. The molecular weight excluding hydrogens is 236 g/mol. The molecule has 0 aliphatic carbocycles. The lowest BCUT2D eigenvalue weighted by Crippen LogP contribution is -2.41. The third-order valence-electron chi connectivity index (χ3n) is 2.63. The van der Waals surface area contributed by atoms with E-state index in [1.807, 2.05) is 38.1 Å². The van der Waals surface area contributed by atoms with E-state index in [-0.39, 0.29) is 12.1 Å². The number of urea groups is 1. The molecule has 0 spiro atoms. The molecule has 0 bridgehead atoms. The lowest BCUT2D eigenvalue weighted by atomic mass is 10.1. The van der Waals surface area contributed by atoms with Crippen LogP contribution in [0, 0.1) is 0 Å². The molecule has 1 rings (SSSR count). The Morgan fingerprint density at radius 3 is 2.76 bits per heavy atom. The Kier molecular flexibility index (Phi) is 5.84. The fraction of sp³-hybridized carbons (Fsp3) is 0.462. The molecule has 0 saturated heterocycles. The first-order valence-corrected chi connectivity index (χ1v) is 6.29. The molecule has 94 valence electrons. The van der Waals surface area contributed by atoms with Crippen molar-refractivity contribution in [3.63, 3.8) is 0 Å². The number of halogens is 1. The van der Waals surface area contributed by atoms with E-state index in [0.29, 0.717) is 6.54 Å². The Morgan fingerprint density at radius 2 is 2.12 bits per heavy atom. The normalized spacial score (nSPS) is 11.9. The van der Waals surface area contributed by atoms with Crippen LogP contribution in [0.3, 0.4) is 0 Å². The monoisotopic (exact) mass is 254 g/mol. The van der Waals surface area contributed by atoms with Gasteiger partial charge in [-0.25, -0.2) is 4.79 Å². The van der Waals surface area contributed by atoms with Gasteiger partial charge in [-0.1, -0.05) is 36.7 Å². The van der Waals surface area contributed by atoms with Gasteiger partial charge in [-0.15, -0.1) is 0 Å². The van der Waals surface area contributed by atoms with Crippen LogP contribution >= 0.6 is 11.6 Å². The number of hydrogen-bond acceptors (Lipinski definition) is 1. The van der Waals surface area contributed by atoms with Crippen molar-refractivity contribution >= 4 is 17.6 Å². The highest BCUT2D eigenvalue weighted by atomic mass is 35.5. The van der Waals surface area contributed by atoms with Crippen LogP contribution in [0.2, 0.25) is 5.02 Å². The standard InChI is InChI=1S/C13H19ClN2O/c1-3-10(2)16-13(17)15-9-8-11-6-4-5-7-12(11)14/h4-7,10H,3,8-9H2,1-2H3,(H2,15,16,17). The summed E-state index contributed by atoms with van der Waals surface area (Å²) in [5.74, 6) is 0. The van der Waals surface area contributed by atoms with Crippen LogP contribution in [-0.4, -0.2) is 18.6 Å². The molecular formula is C13H19ClN2O. The zero-order valence-corrected chi connectivity index (χ0v) is 11.1. The van der Waals surface area contributed by atoms with Crippen molar-refractivity contribution in [2.45, 2.75) is 32.7 Å². The summed E-state index contributed by atoms with van der Waals surface area (Å²) < 4.78 is 0. The predicted octanol–water partition coefficient (Wildman–Crippen LogP) is 2.98. The molecule has 3 nitrogen and oxygen atoms in total. The van der Waals surface area contributed by atoms with Crippen LogP contribution in [0.15, 0.2) is 24.3 Å². The topological polar surface area (TPSA) is 41.1 Å². The molecule has 0 aliphatic heterocycles. The van der Waals surface area contributed by atoms with Gasteiger partial charge in [0.15, 0.2) is 0 Å². The number of hydrogen-bond donors (Lipinski definition) is 2. The van der Waals surface area contributed by atoms with Crippen LogP contribution in [-0.2, 0) is 6.42 Å². The summed E-state index contributed by atoms with van der Waals surface area (Å²) >= 11 is 6.02. The van der Waals surface area contributed by atoms with Gasteiger partial charge < -0.3 is 10.6 Å². The molecule has 17 heavy (non-hydrogen) atoms. The van der Waals surface area contributed by atoms with Crippen molar-refractivity contribution in [3.05, 3.63) is 34.9 Å². The summed E-state index contributed by atoms with van der Waals surface area (Å²) in [5.41, 5.74) is 1.05. The van der Waals surface area contributed by atoms with Crippen LogP contribution < -0.4 is 10.6 Å². The van der Waals surface area contributed by atoms with Gasteiger partial charge in [0, 0.05) is 17.6 Å². The lowest BCUT2D eigenvalue weighted by Gasteiger charge is -2.12. The average Bonchev–Trinajstić information content (AvgIpc) is 2.31. The fourth-order valence-corrected chi connectivity index (χ4v) is 1.62. The first kappa shape index (κ1) is 13.8. The number of amides is 2. The first-order valence-electron chi connectivity index (χ1n) is 5.91. The van der Waals surface area contributed by atoms with Gasteiger partial charge in [0.2, 0.25) is 0 Å². The highest BCUT2D eigenvalue weighted by Crippen LogP contribution is 2.14. The zero-order chi connectivity index (χ0) is 12.7.